The Balaban J connectivity index is 2.10. The molecule has 6 heteroatoms. The van der Waals surface area contributed by atoms with Gasteiger partial charge in [0.1, 0.15) is 5.75 Å². The molecule has 0 N–H and O–H groups in total. The van der Waals surface area contributed by atoms with Gasteiger partial charge in [-0.1, -0.05) is 6.07 Å². The highest BCUT2D eigenvalue weighted by Crippen LogP contribution is 2.34. The Labute approximate surface area is 158 Å². The van der Waals surface area contributed by atoms with Crippen LogP contribution >= 0.6 is 11.8 Å². The normalized spacial score (nSPS) is 17.6. The minimum Gasteiger partial charge on any atom is -0.495 e. The molecule has 0 spiro atoms. The van der Waals surface area contributed by atoms with Gasteiger partial charge < -0.3 is 9.30 Å². The summed E-state index contributed by atoms with van der Waals surface area (Å²) < 4.78 is 7.72. The molecule has 1 aliphatic heterocycles. The summed E-state index contributed by atoms with van der Waals surface area (Å²) in [4.78, 5) is 18.9. The lowest BCUT2D eigenvalue weighted by Crippen LogP contribution is -2.23. The molecule has 5 nitrogen and oxygen atoms in total. The zero-order valence-electron chi connectivity index (χ0n) is 16.0. The number of benzene rings is 1. The molecule has 1 amide bonds. The Kier molecular flexibility index (Phi) is 4.96. The first-order valence-corrected chi connectivity index (χ1v) is 9.17. The van der Waals surface area contributed by atoms with Gasteiger partial charge in [0.2, 0.25) is 0 Å². The van der Waals surface area contributed by atoms with Crippen molar-refractivity contribution in [3.05, 3.63) is 51.7 Å². The van der Waals surface area contributed by atoms with Crippen molar-refractivity contribution in [1.82, 2.24) is 9.47 Å². The second-order valence-electron chi connectivity index (χ2n) is 6.32. The van der Waals surface area contributed by atoms with Crippen LogP contribution in [0.2, 0.25) is 0 Å². The summed E-state index contributed by atoms with van der Waals surface area (Å²) in [7, 11) is 5.13. The zero-order chi connectivity index (χ0) is 19.0. The molecule has 1 aromatic carbocycles. The second-order valence-corrected chi connectivity index (χ2v) is 7.33. The molecule has 3 rings (SSSR count). The third-order valence-electron chi connectivity index (χ3n) is 4.53. The number of ether oxygens (including phenoxy) is 1. The maximum absolute atomic E-state index is 12.4. The summed E-state index contributed by atoms with van der Waals surface area (Å²) >= 11 is 1.40. The number of methoxy groups -OCH3 is 1. The molecule has 0 radical (unpaired) electrons. The molecule has 1 fully saturated rings. The first kappa shape index (κ1) is 18.3. The van der Waals surface area contributed by atoms with Crippen LogP contribution in [-0.2, 0) is 4.79 Å². The van der Waals surface area contributed by atoms with Crippen LogP contribution < -0.4 is 4.74 Å². The van der Waals surface area contributed by atoms with Crippen molar-refractivity contribution in [2.24, 2.45) is 4.99 Å². The molecule has 0 bridgehead atoms. The van der Waals surface area contributed by atoms with E-state index in [0.717, 1.165) is 33.6 Å². The number of aryl methyl sites for hydroxylation is 2. The van der Waals surface area contributed by atoms with Crippen molar-refractivity contribution in [2.75, 3.05) is 21.2 Å². The fourth-order valence-corrected chi connectivity index (χ4v) is 4.09. The number of aliphatic imine (C=N–C) groups is 1. The van der Waals surface area contributed by atoms with Crippen molar-refractivity contribution in [3.8, 4) is 11.4 Å². The number of hydrogen-bond acceptors (Lipinski definition) is 4. The smallest absolute Gasteiger partial charge is 0.266 e. The van der Waals surface area contributed by atoms with Crippen LogP contribution in [0.1, 0.15) is 22.5 Å². The standard InChI is InChI=1S/C20H23N3O2S/c1-12-7-8-17(25-6)16(9-12)23-13(2)10-15(14(23)3)11-18-19(24)22(5)20(21-4)26-18/h7-11H,1-6H3. The Morgan fingerprint density at radius 3 is 2.54 bits per heavy atom. The summed E-state index contributed by atoms with van der Waals surface area (Å²) in [6.07, 6.45) is 1.95. The van der Waals surface area contributed by atoms with Gasteiger partial charge in [-0.15, -0.1) is 0 Å². The highest BCUT2D eigenvalue weighted by Gasteiger charge is 2.30. The van der Waals surface area contributed by atoms with Gasteiger partial charge in [-0.25, -0.2) is 0 Å². The molecule has 0 saturated carbocycles. The Bertz CT molecular complexity index is 941. The number of hydrogen-bond donors (Lipinski definition) is 0. The molecule has 2 heterocycles. The van der Waals surface area contributed by atoms with E-state index in [1.807, 2.05) is 18.2 Å². The second kappa shape index (κ2) is 7.03. The van der Waals surface area contributed by atoms with Crippen LogP contribution in [-0.4, -0.2) is 41.7 Å². The Hall–Kier alpha value is -2.47. The van der Waals surface area contributed by atoms with Crippen molar-refractivity contribution in [3.63, 3.8) is 0 Å². The minimum atomic E-state index is -0.0199. The van der Waals surface area contributed by atoms with Crippen LogP contribution in [0, 0.1) is 20.8 Å². The molecule has 1 aromatic heterocycles. The number of aromatic nitrogens is 1. The summed E-state index contributed by atoms with van der Waals surface area (Å²) in [6, 6.07) is 8.23. The zero-order valence-corrected chi connectivity index (χ0v) is 16.8. The van der Waals surface area contributed by atoms with E-state index < -0.39 is 0 Å². The van der Waals surface area contributed by atoms with Gasteiger partial charge in [-0.3, -0.25) is 14.7 Å². The third-order valence-corrected chi connectivity index (χ3v) is 5.68. The van der Waals surface area contributed by atoms with Crippen molar-refractivity contribution >= 4 is 28.9 Å². The summed E-state index contributed by atoms with van der Waals surface area (Å²) in [5.74, 6) is 0.802. The Morgan fingerprint density at radius 2 is 1.92 bits per heavy atom. The van der Waals surface area contributed by atoms with E-state index in [2.05, 4.69) is 42.5 Å². The first-order valence-electron chi connectivity index (χ1n) is 8.35. The number of nitrogens with zero attached hydrogens (tertiary/aromatic N) is 3. The van der Waals surface area contributed by atoms with Crippen LogP contribution in [0.25, 0.3) is 11.8 Å². The average Bonchev–Trinajstić information content (AvgIpc) is 3.05. The molecule has 0 unspecified atom stereocenters. The lowest BCUT2D eigenvalue weighted by Gasteiger charge is -2.14. The van der Waals surface area contributed by atoms with Gasteiger partial charge >= 0.3 is 0 Å². The lowest BCUT2D eigenvalue weighted by molar-refractivity contribution is -0.121. The molecule has 0 aliphatic carbocycles. The molecule has 1 aliphatic rings. The van der Waals surface area contributed by atoms with Gasteiger partial charge in [0.15, 0.2) is 5.17 Å². The molecule has 1 saturated heterocycles. The van der Waals surface area contributed by atoms with Gasteiger partial charge in [0.25, 0.3) is 5.91 Å². The van der Waals surface area contributed by atoms with Crippen molar-refractivity contribution in [2.45, 2.75) is 20.8 Å². The lowest BCUT2D eigenvalue weighted by atomic mass is 10.2. The van der Waals surface area contributed by atoms with E-state index >= 15 is 0 Å². The van der Waals surface area contributed by atoms with E-state index in [0.29, 0.717) is 4.91 Å². The van der Waals surface area contributed by atoms with E-state index in [1.165, 1.54) is 17.3 Å². The van der Waals surface area contributed by atoms with Gasteiger partial charge in [-0.05, 0) is 67.9 Å². The SMILES string of the molecule is CN=C1SC(=Cc2cc(C)n(-c3cc(C)ccc3OC)c2C)C(=O)N1C. The van der Waals surface area contributed by atoms with Crippen molar-refractivity contribution in [1.29, 1.82) is 0 Å². The Morgan fingerprint density at radius 1 is 1.19 bits per heavy atom. The number of amides is 1. The first-order chi connectivity index (χ1) is 12.4. The molecule has 2 aromatic rings. The van der Waals surface area contributed by atoms with Gasteiger partial charge in [0, 0.05) is 25.5 Å². The average molecular weight is 369 g/mol. The number of likely N-dealkylation sites (N-methyl/N-ethyl adjacent to an activating group) is 1. The highest BCUT2D eigenvalue weighted by molar-refractivity contribution is 8.18. The predicted molar refractivity (Wildman–Crippen MR) is 108 cm³/mol. The summed E-state index contributed by atoms with van der Waals surface area (Å²) in [6.45, 7) is 6.19. The maximum atomic E-state index is 12.4. The highest BCUT2D eigenvalue weighted by atomic mass is 32.2. The monoisotopic (exact) mass is 369 g/mol. The number of carbonyl (C=O) groups excluding carboxylic acids is 1. The fourth-order valence-electron chi connectivity index (χ4n) is 3.17. The van der Waals surface area contributed by atoms with E-state index in [9.17, 15) is 4.79 Å². The molecule has 136 valence electrons. The third kappa shape index (κ3) is 3.05. The minimum absolute atomic E-state index is 0.0199. The number of amidine groups is 1. The largest absolute Gasteiger partial charge is 0.495 e. The number of carbonyl (C=O) groups is 1. The van der Waals surface area contributed by atoms with Crippen LogP contribution in [0.4, 0.5) is 0 Å². The fraction of sp³-hybridized carbons (Fsp3) is 0.300. The summed E-state index contributed by atoms with van der Waals surface area (Å²) in [5, 5.41) is 0.718. The van der Waals surface area contributed by atoms with Gasteiger partial charge in [0.05, 0.1) is 17.7 Å². The van der Waals surface area contributed by atoms with Crippen LogP contribution in [0.15, 0.2) is 34.2 Å². The van der Waals surface area contributed by atoms with Gasteiger partial charge in [-0.2, -0.15) is 0 Å². The van der Waals surface area contributed by atoms with E-state index in [4.69, 9.17) is 4.74 Å². The molecular formula is C20H23N3O2S. The summed E-state index contributed by atoms with van der Waals surface area (Å²) in [5.41, 5.74) is 5.35. The number of rotatable bonds is 3. The quantitative estimate of drug-likeness (QED) is 0.770. The molecule has 26 heavy (non-hydrogen) atoms. The predicted octanol–water partition coefficient (Wildman–Crippen LogP) is 3.94. The maximum Gasteiger partial charge on any atom is 0.266 e. The number of thioether (sulfide) groups is 1. The van der Waals surface area contributed by atoms with E-state index in [-0.39, 0.29) is 5.91 Å². The van der Waals surface area contributed by atoms with Crippen molar-refractivity contribution < 1.29 is 9.53 Å². The topological polar surface area (TPSA) is 46.8 Å². The van der Waals surface area contributed by atoms with E-state index in [1.54, 1.807) is 26.1 Å². The van der Waals surface area contributed by atoms with Crippen LogP contribution in [0.3, 0.4) is 0 Å². The van der Waals surface area contributed by atoms with Crippen LogP contribution in [0.5, 0.6) is 5.75 Å². The molecular weight excluding hydrogens is 346 g/mol. The molecule has 0 atom stereocenters.